The second kappa shape index (κ2) is 12.6. The fourth-order valence-corrected chi connectivity index (χ4v) is 8.70. The first-order valence-corrected chi connectivity index (χ1v) is 15.9. The van der Waals surface area contributed by atoms with Gasteiger partial charge in [-0.05, 0) is 86.5 Å². The Balaban J connectivity index is 1.35. The van der Waals surface area contributed by atoms with Gasteiger partial charge in [0, 0.05) is 17.2 Å². The zero-order valence-electron chi connectivity index (χ0n) is 25.3. The van der Waals surface area contributed by atoms with Gasteiger partial charge >= 0.3 is 5.97 Å². The van der Waals surface area contributed by atoms with Crippen LogP contribution in [0, 0.1) is 46.8 Å². The van der Waals surface area contributed by atoms with Crippen LogP contribution in [0.15, 0.2) is 16.8 Å². The first-order valence-electron chi connectivity index (χ1n) is 15.3. The van der Waals surface area contributed by atoms with Crippen LogP contribution in [0.4, 0.5) is 0 Å². The number of nitrogens with zero attached hydrogens (tertiary/aromatic N) is 1. The van der Waals surface area contributed by atoms with E-state index >= 15 is 0 Å². The molecule has 0 aromatic rings. The van der Waals surface area contributed by atoms with Crippen molar-refractivity contribution in [2.75, 3.05) is 12.4 Å². The van der Waals surface area contributed by atoms with Crippen LogP contribution in [-0.2, 0) is 19.2 Å². The molecule has 0 radical (unpaired) electrons. The maximum Gasteiger partial charge on any atom is 0.305 e. The smallest absolute Gasteiger partial charge is 0.305 e. The third-order valence-electron chi connectivity index (χ3n) is 11.0. The van der Waals surface area contributed by atoms with Gasteiger partial charge in [0.05, 0.1) is 12.1 Å². The average molecular weight is 602 g/mol. The number of fused-ring (bicyclic) bond motifs is 5. The highest BCUT2D eigenvalue weighted by Gasteiger charge is 2.63. The summed E-state index contributed by atoms with van der Waals surface area (Å²) in [5.74, 6) is 2.30. The van der Waals surface area contributed by atoms with Crippen LogP contribution in [0.25, 0.3) is 0 Å². The summed E-state index contributed by atoms with van der Waals surface area (Å²) in [4.78, 5) is 41.8. The molecule has 0 aliphatic heterocycles. The van der Waals surface area contributed by atoms with Gasteiger partial charge < -0.3 is 25.7 Å². The van der Waals surface area contributed by atoms with E-state index in [9.17, 15) is 19.5 Å². The first kappa shape index (κ1) is 32.4. The number of oxime groups is 1. The Morgan fingerprint density at radius 1 is 1.14 bits per heavy atom. The van der Waals surface area contributed by atoms with Crippen LogP contribution in [0.2, 0.25) is 0 Å². The zero-order chi connectivity index (χ0) is 30.9. The summed E-state index contributed by atoms with van der Waals surface area (Å²) in [6.45, 7) is 7.87. The van der Waals surface area contributed by atoms with Gasteiger partial charge in [-0.15, -0.1) is 6.42 Å². The Hall–Kier alpha value is -2.51. The van der Waals surface area contributed by atoms with Crippen molar-refractivity contribution in [1.29, 1.82) is 0 Å². The molecular weight excluding hydrogens is 554 g/mol. The van der Waals surface area contributed by atoms with Gasteiger partial charge in [-0.25, -0.2) is 0 Å². The summed E-state index contributed by atoms with van der Waals surface area (Å²) in [6, 6.07) is -1.48. The maximum atomic E-state index is 12.7. The standard InChI is InChI=1S/C32H47N3O6S/c1-6-32(40)14-11-25-23-8-7-20-15-21(9-12-30(20,4)24(23)10-13-31(25,32)5)35-41-17-26(36)34-28(19(2)3)29(39)33-22(18-42)16-27(37)38/h1,15,19,22-25,28,40,42H,7-14,16-18H2,2-5H3,(H,33,39)(H,34,36)(H,37,38)/b35-21+/t22-,23+,24+,25+,28-,30-,31-,32+/m0/s1. The first-order chi connectivity index (χ1) is 19.8. The van der Waals surface area contributed by atoms with Gasteiger partial charge in [0.15, 0.2) is 6.61 Å². The number of carboxylic acid groups (broad SMARTS) is 1. The number of rotatable bonds is 10. The fourth-order valence-electron chi connectivity index (χ4n) is 8.48. The summed E-state index contributed by atoms with van der Waals surface area (Å²) in [5.41, 5.74) is 1.09. The summed E-state index contributed by atoms with van der Waals surface area (Å²) >= 11 is 4.11. The molecule has 10 heteroatoms. The SMILES string of the molecule is C#C[C@@]1(O)CC[C@@H]2[C@@H]3CCC4=C/C(=N/OCC(=O)N[C@H](C(=O)N[C@H](CS)CC(=O)O)C(C)C)CC[C@]4(C)[C@@H]3CC[C@@]21C. The molecule has 3 saturated carbocycles. The highest BCUT2D eigenvalue weighted by atomic mass is 32.1. The minimum absolute atomic E-state index is 0.0842. The third-order valence-corrected chi connectivity index (χ3v) is 11.4. The van der Waals surface area contributed by atoms with Crippen molar-refractivity contribution < 1.29 is 29.4 Å². The molecule has 42 heavy (non-hydrogen) atoms. The third kappa shape index (κ3) is 6.10. The van der Waals surface area contributed by atoms with Crippen LogP contribution >= 0.6 is 12.6 Å². The maximum absolute atomic E-state index is 12.7. The number of aliphatic hydroxyl groups is 1. The van der Waals surface area contributed by atoms with Crippen LogP contribution in [0.5, 0.6) is 0 Å². The normalized spacial score (nSPS) is 36.0. The van der Waals surface area contributed by atoms with Crippen LogP contribution in [0.3, 0.4) is 0 Å². The number of aliphatic carboxylic acids is 1. The number of terminal acetylenes is 1. The van der Waals surface area contributed by atoms with E-state index in [-0.39, 0.29) is 35.5 Å². The molecule has 3 fully saturated rings. The summed E-state index contributed by atoms with van der Waals surface area (Å²) in [7, 11) is 0. The van der Waals surface area contributed by atoms with E-state index in [0.717, 1.165) is 50.7 Å². The number of carboxylic acids is 1. The molecule has 0 heterocycles. The Morgan fingerprint density at radius 2 is 1.86 bits per heavy atom. The number of carbonyl (C=O) groups is 3. The molecular formula is C32H47N3O6S. The molecule has 4 aliphatic carbocycles. The van der Waals surface area contributed by atoms with E-state index in [2.05, 4.69) is 54.3 Å². The number of thiol groups is 1. The Labute approximate surface area is 255 Å². The van der Waals surface area contributed by atoms with Crippen LogP contribution < -0.4 is 10.6 Å². The molecule has 0 unspecified atom stereocenters. The van der Waals surface area contributed by atoms with Crippen LogP contribution in [-0.4, -0.2) is 63.8 Å². The second-order valence-electron chi connectivity index (χ2n) is 13.6. The largest absolute Gasteiger partial charge is 0.481 e. The Kier molecular flexibility index (Phi) is 9.73. The van der Waals surface area contributed by atoms with Crippen molar-refractivity contribution in [1.82, 2.24) is 10.6 Å². The molecule has 232 valence electrons. The molecule has 0 aromatic heterocycles. The van der Waals surface area contributed by atoms with E-state index in [1.807, 2.05) is 0 Å². The molecule has 0 spiro atoms. The van der Waals surface area contributed by atoms with E-state index < -0.39 is 35.5 Å². The topological polar surface area (TPSA) is 137 Å². The summed E-state index contributed by atoms with van der Waals surface area (Å²) in [6.07, 6.45) is 15.2. The van der Waals surface area contributed by atoms with E-state index in [0.29, 0.717) is 24.2 Å². The quantitative estimate of drug-likeness (QED) is 0.147. The predicted molar refractivity (Wildman–Crippen MR) is 164 cm³/mol. The van der Waals surface area contributed by atoms with E-state index in [4.69, 9.17) is 16.4 Å². The number of carbonyl (C=O) groups excluding carboxylic acids is 2. The zero-order valence-corrected chi connectivity index (χ0v) is 26.2. The molecule has 8 atom stereocenters. The molecule has 0 aromatic carbocycles. The van der Waals surface area contributed by atoms with Crippen molar-refractivity contribution in [2.45, 2.75) is 103 Å². The summed E-state index contributed by atoms with van der Waals surface area (Å²) in [5, 5.41) is 29.9. The average Bonchev–Trinajstić information content (AvgIpc) is 3.21. The minimum Gasteiger partial charge on any atom is -0.481 e. The Morgan fingerprint density at radius 3 is 2.50 bits per heavy atom. The van der Waals surface area contributed by atoms with Gasteiger partial charge in [-0.3, -0.25) is 14.4 Å². The monoisotopic (exact) mass is 601 g/mol. The lowest BCUT2D eigenvalue weighted by Gasteiger charge is -2.58. The van der Waals surface area contributed by atoms with Gasteiger partial charge in [0.1, 0.15) is 11.6 Å². The highest BCUT2D eigenvalue weighted by molar-refractivity contribution is 7.80. The summed E-state index contributed by atoms with van der Waals surface area (Å²) < 4.78 is 0. The lowest BCUT2D eigenvalue weighted by Crippen LogP contribution is -2.54. The van der Waals surface area contributed by atoms with Gasteiger partial charge in [-0.1, -0.05) is 44.3 Å². The predicted octanol–water partition coefficient (Wildman–Crippen LogP) is 3.72. The minimum atomic E-state index is -1.04. The molecule has 4 rings (SSSR count). The number of hydrogen-bond acceptors (Lipinski definition) is 7. The van der Waals surface area contributed by atoms with Gasteiger partial charge in [0.2, 0.25) is 5.91 Å². The fraction of sp³-hybridized carbons (Fsp3) is 0.750. The lowest BCUT2D eigenvalue weighted by atomic mass is 9.46. The molecule has 4 N–H and O–H groups in total. The lowest BCUT2D eigenvalue weighted by molar-refractivity contribution is -0.138. The van der Waals surface area contributed by atoms with Crippen molar-refractivity contribution >= 4 is 36.1 Å². The molecule has 9 nitrogen and oxygen atoms in total. The van der Waals surface area contributed by atoms with Crippen molar-refractivity contribution in [3.63, 3.8) is 0 Å². The second-order valence-corrected chi connectivity index (χ2v) is 14.0. The molecule has 4 aliphatic rings. The number of allylic oxidation sites excluding steroid dienone is 2. The van der Waals surface area contributed by atoms with Crippen molar-refractivity contribution in [3.8, 4) is 12.3 Å². The number of amides is 2. The van der Waals surface area contributed by atoms with Gasteiger partial charge in [0.25, 0.3) is 5.91 Å². The molecule has 0 bridgehead atoms. The molecule has 2 amide bonds. The number of nitrogens with one attached hydrogen (secondary N) is 2. The highest BCUT2D eigenvalue weighted by Crippen LogP contribution is 2.67. The van der Waals surface area contributed by atoms with Gasteiger partial charge in [-0.2, -0.15) is 12.6 Å². The molecule has 0 saturated heterocycles. The van der Waals surface area contributed by atoms with E-state index in [1.165, 1.54) is 5.57 Å². The van der Waals surface area contributed by atoms with Crippen LogP contribution in [0.1, 0.15) is 85.5 Å². The number of hydrogen-bond donors (Lipinski definition) is 5. The van der Waals surface area contributed by atoms with Crippen molar-refractivity contribution in [2.24, 2.45) is 39.7 Å². The van der Waals surface area contributed by atoms with Crippen molar-refractivity contribution in [3.05, 3.63) is 11.6 Å². The Bertz CT molecular complexity index is 1180. The van der Waals surface area contributed by atoms with E-state index in [1.54, 1.807) is 13.8 Å².